The molecule has 2 aromatic rings. The molecule has 1 aromatic carbocycles. The first kappa shape index (κ1) is 29.7. The molecule has 0 radical (unpaired) electrons. The van der Waals surface area contributed by atoms with Crippen LogP contribution in [0.3, 0.4) is 0 Å². The Morgan fingerprint density at radius 2 is 1.35 bits per heavy atom. The van der Waals surface area contributed by atoms with Crippen LogP contribution in [0, 0.1) is 0 Å². The van der Waals surface area contributed by atoms with E-state index in [1.807, 2.05) is 19.1 Å². The van der Waals surface area contributed by atoms with Crippen molar-refractivity contribution < 1.29 is 23.4 Å². The second-order valence-corrected chi connectivity index (χ2v) is 9.63. The second-order valence-electron chi connectivity index (χ2n) is 9.63. The van der Waals surface area contributed by atoms with Gasteiger partial charge in [-0.15, -0.1) is 0 Å². The van der Waals surface area contributed by atoms with Gasteiger partial charge in [0.25, 0.3) is 5.75 Å². The molecule has 0 bridgehead atoms. The highest BCUT2D eigenvalue weighted by Gasteiger charge is 2.22. The Labute approximate surface area is 220 Å². The van der Waals surface area contributed by atoms with E-state index in [9.17, 15) is 9.59 Å². The summed E-state index contributed by atoms with van der Waals surface area (Å²) < 4.78 is 22.8. The van der Waals surface area contributed by atoms with E-state index in [2.05, 4.69) is 46.8 Å². The van der Waals surface area contributed by atoms with E-state index in [-0.39, 0.29) is 18.1 Å². The predicted molar refractivity (Wildman–Crippen MR) is 150 cm³/mol. The molecule has 6 heteroatoms. The molecule has 0 unspecified atom stereocenters. The Bertz CT molecular complexity index is 1250. The van der Waals surface area contributed by atoms with Crippen molar-refractivity contribution in [3.05, 3.63) is 75.2 Å². The van der Waals surface area contributed by atoms with Gasteiger partial charge < -0.3 is 18.6 Å². The van der Waals surface area contributed by atoms with Crippen molar-refractivity contribution in [2.24, 2.45) is 0 Å². The first-order valence-electron chi connectivity index (χ1n) is 12.7. The number of benzene rings is 1. The Morgan fingerprint density at radius 3 is 1.89 bits per heavy atom. The number of esters is 1. The molecule has 0 saturated carbocycles. The van der Waals surface area contributed by atoms with Gasteiger partial charge in [0.1, 0.15) is 29.9 Å². The van der Waals surface area contributed by atoms with Gasteiger partial charge in [-0.25, -0.2) is 4.79 Å². The molecule has 0 amide bonds. The van der Waals surface area contributed by atoms with Crippen molar-refractivity contribution >= 4 is 16.9 Å². The molecule has 37 heavy (non-hydrogen) atoms. The molecule has 0 aliphatic rings. The number of fused-ring (bicyclic) bond motifs is 1. The summed E-state index contributed by atoms with van der Waals surface area (Å²) in [5.74, 6) is -0.310. The molecule has 0 spiro atoms. The van der Waals surface area contributed by atoms with Gasteiger partial charge in [0.05, 0.1) is 0 Å². The van der Waals surface area contributed by atoms with Gasteiger partial charge in [0.15, 0.2) is 5.75 Å². The molecular formula is C31H40O6. The summed E-state index contributed by atoms with van der Waals surface area (Å²) in [6.45, 7) is 14.2. The Kier molecular flexibility index (Phi) is 11.9. The standard InChI is InChI=1S/C31H40O6/c1-21(2)11-8-13-23(5)17-19-34-26-15-10-16-27-28(26)29(30(31(33)37-27)36-25(7)32)35-20-18-24(6)14-9-12-22(3)4/h10-12,15-18H,8-9,13-14,19-20H2,1-7H3. The largest absolute Gasteiger partial charge is 0.489 e. The SMILES string of the molecule is CC(=O)Oc1c(OCC=C(C)CCC=C(C)C)c2c(OCC=C(C)CCC=C(C)C)cccc2oc1=O. The molecule has 2 rings (SSSR count). The number of hydrogen-bond acceptors (Lipinski definition) is 6. The fourth-order valence-corrected chi connectivity index (χ4v) is 3.58. The van der Waals surface area contributed by atoms with Gasteiger partial charge in [-0.05, 0) is 91.5 Å². The van der Waals surface area contributed by atoms with E-state index >= 15 is 0 Å². The summed E-state index contributed by atoms with van der Waals surface area (Å²) in [6.07, 6.45) is 12.2. The lowest BCUT2D eigenvalue weighted by atomic mass is 10.1. The van der Waals surface area contributed by atoms with E-state index in [0.717, 1.165) is 31.3 Å². The summed E-state index contributed by atoms with van der Waals surface area (Å²) in [5.41, 5.74) is 4.47. The fourth-order valence-electron chi connectivity index (χ4n) is 3.58. The van der Waals surface area contributed by atoms with Crippen molar-refractivity contribution in [1.82, 2.24) is 0 Å². The van der Waals surface area contributed by atoms with Crippen LogP contribution in [0.1, 0.15) is 74.1 Å². The third-order valence-corrected chi connectivity index (χ3v) is 5.57. The minimum atomic E-state index is -0.783. The summed E-state index contributed by atoms with van der Waals surface area (Å²) in [6, 6.07) is 5.18. The van der Waals surface area contributed by atoms with Crippen LogP contribution in [-0.2, 0) is 4.79 Å². The lowest BCUT2D eigenvalue weighted by Crippen LogP contribution is -2.14. The Hall–Kier alpha value is -3.54. The summed E-state index contributed by atoms with van der Waals surface area (Å²) in [5, 5.41) is 0.449. The van der Waals surface area contributed by atoms with Gasteiger partial charge >= 0.3 is 11.6 Å². The van der Waals surface area contributed by atoms with Crippen molar-refractivity contribution in [3.8, 4) is 17.2 Å². The van der Waals surface area contributed by atoms with Crippen LogP contribution in [0.15, 0.2) is 74.0 Å². The quantitative estimate of drug-likeness (QED) is 0.156. The zero-order chi connectivity index (χ0) is 27.4. The molecule has 0 atom stereocenters. The zero-order valence-corrected chi connectivity index (χ0v) is 23.2. The maximum atomic E-state index is 12.7. The molecular weight excluding hydrogens is 468 g/mol. The maximum Gasteiger partial charge on any atom is 0.383 e. The summed E-state index contributed by atoms with van der Waals surface area (Å²) in [7, 11) is 0. The van der Waals surface area contributed by atoms with Crippen LogP contribution in [0.5, 0.6) is 17.2 Å². The van der Waals surface area contributed by atoms with Crippen LogP contribution in [0.25, 0.3) is 11.0 Å². The third-order valence-electron chi connectivity index (χ3n) is 5.57. The average Bonchev–Trinajstić information content (AvgIpc) is 2.80. The van der Waals surface area contributed by atoms with Crippen molar-refractivity contribution in [3.63, 3.8) is 0 Å². The molecule has 0 aliphatic heterocycles. The smallest absolute Gasteiger partial charge is 0.383 e. The van der Waals surface area contributed by atoms with Crippen LogP contribution < -0.4 is 19.8 Å². The minimum Gasteiger partial charge on any atom is -0.489 e. The molecule has 1 aromatic heterocycles. The molecule has 0 N–H and O–H groups in total. The number of carbonyl (C=O) groups is 1. The van der Waals surface area contributed by atoms with E-state index in [1.54, 1.807) is 18.2 Å². The van der Waals surface area contributed by atoms with Crippen LogP contribution in [-0.4, -0.2) is 19.2 Å². The normalized spacial score (nSPS) is 11.8. The van der Waals surface area contributed by atoms with Crippen molar-refractivity contribution in [1.29, 1.82) is 0 Å². The molecule has 0 saturated heterocycles. The number of ether oxygens (including phenoxy) is 3. The topological polar surface area (TPSA) is 75.0 Å². The number of carbonyl (C=O) groups excluding carboxylic acids is 1. The number of allylic oxidation sites excluding steroid dienone is 6. The van der Waals surface area contributed by atoms with E-state index < -0.39 is 11.6 Å². The van der Waals surface area contributed by atoms with Gasteiger partial charge in [-0.1, -0.05) is 40.5 Å². The third kappa shape index (κ3) is 10.2. The monoisotopic (exact) mass is 508 g/mol. The Balaban J connectivity index is 2.35. The predicted octanol–water partition coefficient (Wildman–Crippen LogP) is 7.86. The Morgan fingerprint density at radius 1 is 0.784 bits per heavy atom. The van der Waals surface area contributed by atoms with Crippen LogP contribution in [0.2, 0.25) is 0 Å². The lowest BCUT2D eigenvalue weighted by Gasteiger charge is -2.14. The summed E-state index contributed by atoms with van der Waals surface area (Å²) >= 11 is 0. The molecule has 200 valence electrons. The van der Waals surface area contributed by atoms with Gasteiger partial charge in [-0.2, -0.15) is 0 Å². The highest BCUT2D eigenvalue weighted by Crippen LogP contribution is 2.39. The molecule has 6 nitrogen and oxygen atoms in total. The summed E-state index contributed by atoms with van der Waals surface area (Å²) in [4.78, 5) is 24.4. The maximum absolute atomic E-state index is 12.7. The first-order chi connectivity index (χ1) is 17.6. The molecule has 1 heterocycles. The highest BCUT2D eigenvalue weighted by atomic mass is 16.6. The van der Waals surface area contributed by atoms with Gasteiger partial charge in [0, 0.05) is 6.92 Å². The van der Waals surface area contributed by atoms with Crippen LogP contribution in [0.4, 0.5) is 0 Å². The lowest BCUT2D eigenvalue weighted by molar-refractivity contribution is -0.132. The van der Waals surface area contributed by atoms with Gasteiger partial charge in [0.2, 0.25) is 0 Å². The van der Waals surface area contributed by atoms with Gasteiger partial charge in [-0.3, -0.25) is 4.79 Å². The first-order valence-corrected chi connectivity index (χ1v) is 12.7. The average molecular weight is 509 g/mol. The minimum absolute atomic E-state index is 0.134. The van der Waals surface area contributed by atoms with Crippen LogP contribution >= 0.6 is 0 Å². The number of hydrogen-bond donors (Lipinski definition) is 0. The van der Waals surface area contributed by atoms with E-state index in [1.165, 1.54) is 23.6 Å². The second kappa shape index (κ2) is 14.9. The van der Waals surface area contributed by atoms with E-state index in [0.29, 0.717) is 23.3 Å². The molecule has 0 aliphatic carbocycles. The number of rotatable bonds is 13. The fraction of sp³-hybridized carbons (Fsp3) is 0.419. The van der Waals surface area contributed by atoms with E-state index in [4.69, 9.17) is 18.6 Å². The highest BCUT2D eigenvalue weighted by molar-refractivity contribution is 5.92. The molecule has 0 fully saturated rings. The zero-order valence-electron chi connectivity index (χ0n) is 23.2. The van der Waals surface area contributed by atoms with Crippen molar-refractivity contribution in [2.45, 2.75) is 74.1 Å². The van der Waals surface area contributed by atoms with Crippen molar-refractivity contribution in [2.75, 3.05) is 13.2 Å².